The van der Waals surface area contributed by atoms with E-state index in [4.69, 9.17) is 9.47 Å². The van der Waals surface area contributed by atoms with Gasteiger partial charge in [0.25, 0.3) is 5.91 Å². The minimum absolute atomic E-state index is 0.0860. The number of aromatic nitrogens is 1. The molecular formula is C21H19F2N3O4S. The SMILES string of the molecule is COc1ccc(-c2nc(C)c(C(=O)NCC(=O)Nc3ccc(F)c(F)c3)s2)cc1OC. The summed E-state index contributed by atoms with van der Waals surface area (Å²) < 4.78 is 36.7. The van der Waals surface area contributed by atoms with Gasteiger partial charge in [-0.25, -0.2) is 13.8 Å². The van der Waals surface area contributed by atoms with E-state index in [-0.39, 0.29) is 12.2 Å². The van der Waals surface area contributed by atoms with Gasteiger partial charge >= 0.3 is 0 Å². The normalized spacial score (nSPS) is 10.5. The number of thiazole rings is 1. The van der Waals surface area contributed by atoms with Crippen LogP contribution < -0.4 is 20.1 Å². The molecule has 0 fully saturated rings. The molecule has 3 aromatic rings. The van der Waals surface area contributed by atoms with Gasteiger partial charge in [-0.15, -0.1) is 11.3 Å². The number of carbonyl (C=O) groups is 2. The Hall–Kier alpha value is -3.53. The van der Waals surface area contributed by atoms with Gasteiger partial charge in [0.15, 0.2) is 23.1 Å². The molecule has 0 unspecified atom stereocenters. The average Bonchev–Trinajstić information content (AvgIpc) is 3.15. The Morgan fingerprint density at radius 3 is 2.45 bits per heavy atom. The molecule has 0 aliphatic carbocycles. The predicted octanol–water partition coefficient (Wildman–Crippen LogP) is 3.78. The standard InChI is InChI=1S/C21H19F2N3O4S/c1-11-19(31-21(25-11)12-4-7-16(29-2)17(8-12)30-3)20(28)24-10-18(27)26-13-5-6-14(22)15(23)9-13/h4-9H,10H2,1-3H3,(H,24,28)(H,26,27). The fraction of sp³-hybridized carbons (Fsp3) is 0.190. The third-order valence-electron chi connectivity index (χ3n) is 4.25. The highest BCUT2D eigenvalue weighted by molar-refractivity contribution is 7.17. The number of amides is 2. The minimum atomic E-state index is -1.08. The number of anilines is 1. The summed E-state index contributed by atoms with van der Waals surface area (Å²) in [6.45, 7) is 1.35. The van der Waals surface area contributed by atoms with Gasteiger partial charge in [0.05, 0.1) is 26.5 Å². The van der Waals surface area contributed by atoms with Gasteiger partial charge in [-0.2, -0.15) is 0 Å². The first-order valence-electron chi connectivity index (χ1n) is 9.05. The van der Waals surface area contributed by atoms with Gasteiger partial charge < -0.3 is 20.1 Å². The Bertz CT molecular complexity index is 1130. The number of benzene rings is 2. The lowest BCUT2D eigenvalue weighted by Crippen LogP contribution is -2.32. The third-order valence-corrected chi connectivity index (χ3v) is 5.45. The van der Waals surface area contributed by atoms with Crippen LogP contribution >= 0.6 is 11.3 Å². The van der Waals surface area contributed by atoms with E-state index in [1.54, 1.807) is 25.1 Å². The van der Waals surface area contributed by atoms with Crippen molar-refractivity contribution < 1.29 is 27.8 Å². The monoisotopic (exact) mass is 447 g/mol. The van der Waals surface area contributed by atoms with Gasteiger partial charge in [0.1, 0.15) is 9.88 Å². The van der Waals surface area contributed by atoms with E-state index in [0.717, 1.165) is 17.7 Å². The molecule has 0 aliphatic heterocycles. The van der Waals surface area contributed by atoms with E-state index in [0.29, 0.717) is 27.1 Å². The van der Waals surface area contributed by atoms with Gasteiger partial charge in [-0.3, -0.25) is 9.59 Å². The average molecular weight is 447 g/mol. The highest BCUT2D eigenvalue weighted by Gasteiger charge is 2.18. The number of nitrogens with zero attached hydrogens (tertiary/aromatic N) is 1. The molecule has 0 atom stereocenters. The molecule has 0 aliphatic rings. The lowest BCUT2D eigenvalue weighted by Gasteiger charge is -2.08. The summed E-state index contributed by atoms with van der Waals surface area (Å²) in [4.78, 5) is 29.3. The molecule has 1 heterocycles. The van der Waals surface area contributed by atoms with E-state index in [1.807, 2.05) is 0 Å². The van der Waals surface area contributed by atoms with Crippen LogP contribution in [0.4, 0.5) is 14.5 Å². The van der Waals surface area contributed by atoms with Crippen molar-refractivity contribution >= 4 is 28.8 Å². The maximum Gasteiger partial charge on any atom is 0.263 e. The Kier molecular flexibility index (Phi) is 6.81. The van der Waals surface area contributed by atoms with E-state index in [2.05, 4.69) is 15.6 Å². The zero-order valence-electron chi connectivity index (χ0n) is 16.9. The molecule has 2 amide bonds. The summed E-state index contributed by atoms with van der Waals surface area (Å²) in [6, 6.07) is 8.29. The summed E-state index contributed by atoms with van der Waals surface area (Å²) in [5.41, 5.74) is 1.34. The number of carbonyl (C=O) groups excluding carboxylic acids is 2. The lowest BCUT2D eigenvalue weighted by atomic mass is 10.2. The van der Waals surface area contributed by atoms with E-state index in [1.165, 1.54) is 31.6 Å². The lowest BCUT2D eigenvalue weighted by molar-refractivity contribution is -0.115. The molecule has 2 N–H and O–H groups in total. The molecule has 0 saturated heterocycles. The van der Waals surface area contributed by atoms with Crippen molar-refractivity contribution in [2.75, 3.05) is 26.1 Å². The van der Waals surface area contributed by atoms with Crippen LogP contribution in [0.5, 0.6) is 11.5 Å². The van der Waals surface area contributed by atoms with E-state index < -0.39 is 23.4 Å². The summed E-state index contributed by atoms with van der Waals surface area (Å²) in [5.74, 6) is -2.04. The first-order valence-corrected chi connectivity index (χ1v) is 9.87. The summed E-state index contributed by atoms with van der Waals surface area (Å²) in [7, 11) is 3.06. The topological polar surface area (TPSA) is 89.5 Å². The molecule has 0 bridgehead atoms. The third kappa shape index (κ3) is 5.15. The van der Waals surface area contributed by atoms with Crippen molar-refractivity contribution in [1.82, 2.24) is 10.3 Å². The molecule has 0 spiro atoms. The zero-order chi connectivity index (χ0) is 22.5. The molecule has 162 valence electrons. The van der Waals surface area contributed by atoms with E-state index >= 15 is 0 Å². The Labute approximate surface area is 181 Å². The fourth-order valence-electron chi connectivity index (χ4n) is 2.72. The van der Waals surface area contributed by atoms with Crippen molar-refractivity contribution in [1.29, 1.82) is 0 Å². The number of ether oxygens (including phenoxy) is 2. The van der Waals surface area contributed by atoms with Crippen LogP contribution in [0.2, 0.25) is 0 Å². The number of nitrogens with one attached hydrogen (secondary N) is 2. The van der Waals surface area contributed by atoms with E-state index in [9.17, 15) is 18.4 Å². The molecule has 0 saturated carbocycles. The molecule has 0 radical (unpaired) electrons. The highest BCUT2D eigenvalue weighted by Crippen LogP contribution is 2.34. The van der Waals surface area contributed by atoms with Crippen LogP contribution in [0.25, 0.3) is 10.6 Å². The Balaban J connectivity index is 1.66. The Morgan fingerprint density at radius 2 is 1.77 bits per heavy atom. The largest absolute Gasteiger partial charge is 0.493 e. The van der Waals surface area contributed by atoms with Crippen LogP contribution in [0.1, 0.15) is 15.4 Å². The number of hydrogen-bond acceptors (Lipinski definition) is 6. The maximum absolute atomic E-state index is 13.2. The molecule has 10 heteroatoms. The molecule has 7 nitrogen and oxygen atoms in total. The first-order chi connectivity index (χ1) is 14.8. The number of rotatable bonds is 7. The second-order valence-corrected chi connectivity index (χ2v) is 7.36. The second kappa shape index (κ2) is 9.52. The number of hydrogen-bond donors (Lipinski definition) is 2. The fourth-order valence-corrected chi connectivity index (χ4v) is 3.70. The maximum atomic E-state index is 13.2. The first kappa shape index (κ1) is 22.2. The van der Waals surface area contributed by atoms with Crippen molar-refractivity contribution in [2.24, 2.45) is 0 Å². The van der Waals surface area contributed by atoms with Crippen molar-refractivity contribution in [3.8, 4) is 22.1 Å². The molecule has 3 rings (SSSR count). The predicted molar refractivity (Wildman–Crippen MR) is 113 cm³/mol. The van der Waals surface area contributed by atoms with Crippen LogP contribution in [-0.2, 0) is 4.79 Å². The molecule has 1 aromatic heterocycles. The number of halogens is 2. The Morgan fingerprint density at radius 1 is 1.03 bits per heavy atom. The van der Waals surface area contributed by atoms with Crippen LogP contribution in [0.3, 0.4) is 0 Å². The van der Waals surface area contributed by atoms with Gasteiger partial charge in [-0.1, -0.05) is 0 Å². The van der Waals surface area contributed by atoms with Gasteiger partial charge in [0.2, 0.25) is 5.91 Å². The zero-order valence-corrected chi connectivity index (χ0v) is 17.7. The number of aryl methyl sites for hydroxylation is 1. The minimum Gasteiger partial charge on any atom is -0.493 e. The molecule has 2 aromatic carbocycles. The van der Waals surface area contributed by atoms with Crippen molar-refractivity contribution in [3.05, 3.63) is 58.6 Å². The van der Waals surface area contributed by atoms with Crippen molar-refractivity contribution in [3.63, 3.8) is 0 Å². The van der Waals surface area contributed by atoms with Gasteiger partial charge in [-0.05, 0) is 37.3 Å². The smallest absolute Gasteiger partial charge is 0.263 e. The quantitative estimate of drug-likeness (QED) is 0.575. The van der Waals surface area contributed by atoms with Crippen molar-refractivity contribution in [2.45, 2.75) is 6.92 Å². The van der Waals surface area contributed by atoms with Crippen LogP contribution in [0.15, 0.2) is 36.4 Å². The summed E-state index contributed by atoms with van der Waals surface area (Å²) in [6.07, 6.45) is 0. The number of methoxy groups -OCH3 is 2. The van der Waals surface area contributed by atoms with Gasteiger partial charge in [0, 0.05) is 17.3 Å². The molecule has 31 heavy (non-hydrogen) atoms. The molecular weight excluding hydrogens is 428 g/mol. The highest BCUT2D eigenvalue weighted by atomic mass is 32.1. The van der Waals surface area contributed by atoms with Crippen LogP contribution in [0, 0.1) is 18.6 Å². The van der Waals surface area contributed by atoms with Crippen LogP contribution in [-0.4, -0.2) is 37.6 Å². The second-order valence-electron chi connectivity index (χ2n) is 6.36. The summed E-state index contributed by atoms with van der Waals surface area (Å²) in [5, 5.41) is 5.49. The summed E-state index contributed by atoms with van der Waals surface area (Å²) >= 11 is 1.17.